The molecule has 0 spiro atoms. The van der Waals surface area contributed by atoms with Crippen LogP contribution in [0.5, 0.6) is 11.5 Å². The second kappa shape index (κ2) is 8.60. The fraction of sp³-hybridized carbons (Fsp3) is 0.286. The fourth-order valence-corrected chi connectivity index (χ4v) is 4.60. The summed E-state index contributed by atoms with van der Waals surface area (Å²) in [5.74, 6) is 1.43. The van der Waals surface area contributed by atoms with E-state index in [0.717, 1.165) is 5.56 Å². The van der Waals surface area contributed by atoms with E-state index in [2.05, 4.69) is 14.9 Å². The first kappa shape index (κ1) is 21.8. The lowest BCUT2D eigenvalue weighted by atomic mass is 10.1. The molecule has 0 bridgehead atoms. The largest absolute Gasteiger partial charge is 0.497 e. The molecule has 0 aliphatic carbocycles. The smallest absolute Gasteiger partial charge is 0.265 e. The number of hydrogen-bond donors (Lipinski definition) is 1. The Morgan fingerprint density at radius 2 is 1.94 bits per heavy atom. The van der Waals surface area contributed by atoms with Crippen LogP contribution in [0.3, 0.4) is 0 Å². The summed E-state index contributed by atoms with van der Waals surface area (Å²) >= 11 is 0. The maximum Gasteiger partial charge on any atom is 0.265 e. The second-order valence-corrected chi connectivity index (χ2v) is 8.99. The Balaban J connectivity index is 1.58. The standard InChI is InChI=1S/C21H22N4O6S/c1-13-8-17-18(30-12-21(26)25(17)11-20-23-14(2)31-24-20)9-19(13)32(27,28)22-10-15-4-6-16(29-3)7-5-15/h4-9,22H,10-12H2,1-3H3. The maximum absolute atomic E-state index is 13.0. The third kappa shape index (κ3) is 4.43. The van der Waals surface area contributed by atoms with E-state index >= 15 is 0 Å². The van der Waals surface area contributed by atoms with Gasteiger partial charge >= 0.3 is 0 Å². The van der Waals surface area contributed by atoms with E-state index in [4.69, 9.17) is 14.0 Å². The molecule has 0 atom stereocenters. The number of anilines is 1. The fourth-order valence-electron chi connectivity index (χ4n) is 3.34. The van der Waals surface area contributed by atoms with Crippen LogP contribution in [0.2, 0.25) is 0 Å². The third-order valence-electron chi connectivity index (χ3n) is 4.98. The van der Waals surface area contributed by atoms with Crippen LogP contribution in [0.4, 0.5) is 5.69 Å². The van der Waals surface area contributed by atoms with Crippen molar-refractivity contribution >= 4 is 21.6 Å². The van der Waals surface area contributed by atoms with Crippen LogP contribution in [-0.4, -0.2) is 38.2 Å². The van der Waals surface area contributed by atoms with Crippen LogP contribution in [-0.2, 0) is 27.9 Å². The van der Waals surface area contributed by atoms with Crippen LogP contribution in [0.15, 0.2) is 45.8 Å². The van der Waals surface area contributed by atoms with Crippen molar-refractivity contribution in [2.45, 2.75) is 31.8 Å². The monoisotopic (exact) mass is 458 g/mol. The first-order valence-electron chi connectivity index (χ1n) is 9.76. The van der Waals surface area contributed by atoms with E-state index in [9.17, 15) is 13.2 Å². The highest BCUT2D eigenvalue weighted by molar-refractivity contribution is 7.89. The van der Waals surface area contributed by atoms with Gasteiger partial charge in [-0.3, -0.25) is 9.69 Å². The summed E-state index contributed by atoms with van der Waals surface area (Å²) in [5.41, 5.74) is 1.71. The number of carbonyl (C=O) groups excluding carboxylic acids is 1. The number of rotatable bonds is 7. The minimum Gasteiger partial charge on any atom is -0.497 e. The molecule has 0 radical (unpaired) electrons. The molecule has 3 aromatic rings. The van der Waals surface area contributed by atoms with E-state index in [0.29, 0.717) is 34.5 Å². The van der Waals surface area contributed by atoms with Gasteiger partial charge in [0.1, 0.15) is 11.5 Å². The number of nitrogens with one attached hydrogen (secondary N) is 1. The Kier molecular flexibility index (Phi) is 5.85. The van der Waals surface area contributed by atoms with Crippen molar-refractivity contribution in [1.82, 2.24) is 14.9 Å². The number of methoxy groups -OCH3 is 1. The summed E-state index contributed by atoms with van der Waals surface area (Å²) in [6.45, 7) is 3.31. The van der Waals surface area contributed by atoms with E-state index < -0.39 is 10.0 Å². The van der Waals surface area contributed by atoms with E-state index in [-0.39, 0.29) is 30.5 Å². The molecule has 2 aromatic carbocycles. The van der Waals surface area contributed by atoms with Gasteiger partial charge in [-0.1, -0.05) is 17.3 Å². The zero-order chi connectivity index (χ0) is 22.9. The Morgan fingerprint density at radius 1 is 1.19 bits per heavy atom. The number of nitrogens with zero attached hydrogens (tertiary/aromatic N) is 3. The van der Waals surface area contributed by atoms with E-state index in [1.165, 1.54) is 11.0 Å². The van der Waals surface area contributed by atoms with Crippen molar-refractivity contribution < 1.29 is 27.2 Å². The molecule has 11 heteroatoms. The molecule has 1 aromatic heterocycles. The summed E-state index contributed by atoms with van der Waals surface area (Å²) in [4.78, 5) is 18.1. The third-order valence-corrected chi connectivity index (χ3v) is 6.53. The predicted octanol–water partition coefficient (Wildman–Crippen LogP) is 2.10. The number of ether oxygens (including phenoxy) is 2. The van der Waals surface area contributed by atoms with E-state index in [1.54, 1.807) is 51.3 Å². The molecule has 1 aliphatic heterocycles. The van der Waals surface area contributed by atoms with Crippen LogP contribution < -0.4 is 19.1 Å². The molecule has 168 valence electrons. The second-order valence-electron chi connectivity index (χ2n) is 7.26. The van der Waals surface area contributed by atoms with Gasteiger partial charge in [0.05, 0.1) is 24.2 Å². The van der Waals surface area contributed by atoms with Crippen molar-refractivity contribution in [2.24, 2.45) is 0 Å². The highest BCUT2D eigenvalue weighted by Crippen LogP contribution is 2.37. The number of fused-ring (bicyclic) bond motifs is 1. The predicted molar refractivity (Wildman–Crippen MR) is 114 cm³/mol. The number of sulfonamides is 1. The van der Waals surface area contributed by atoms with Crippen LogP contribution in [0.1, 0.15) is 22.8 Å². The highest BCUT2D eigenvalue weighted by atomic mass is 32.2. The molecular formula is C21H22N4O6S. The van der Waals surface area contributed by atoms with Crippen molar-refractivity contribution in [3.05, 3.63) is 59.2 Å². The number of carbonyl (C=O) groups is 1. The lowest BCUT2D eigenvalue weighted by Gasteiger charge is -2.29. The first-order valence-corrected chi connectivity index (χ1v) is 11.2. The van der Waals surface area contributed by atoms with Crippen molar-refractivity contribution in [3.63, 3.8) is 0 Å². The topological polar surface area (TPSA) is 124 Å². The molecule has 4 rings (SSSR count). The van der Waals surface area contributed by atoms with Gasteiger partial charge in [0.15, 0.2) is 12.4 Å². The zero-order valence-electron chi connectivity index (χ0n) is 17.8. The van der Waals surface area contributed by atoms with Gasteiger partial charge in [0.2, 0.25) is 15.9 Å². The lowest BCUT2D eigenvalue weighted by Crippen LogP contribution is -2.38. The van der Waals surface area contributed by atoms with Gasteiger partial charge in [-0.15, -0.1) is 0 Å². The van der Waals surface area contributed by atoms with Crippen LogP contribution >= 0.6 is 0 Å². The van der Waals surface area contributed by atoms with Crippen molar-refractivity contribution in [3.8, 4) is 11.5 Å². The molecule has 1 N–H and O–H groups in total. The van der Waals surface area contributed by atoms with Gasteiger partial charge in [-0.2, -0.15) is 4.98 Å². The normalized spacial score (nSPS) is 13.6. The Hall–Kier alpha value is -3.44. The van der Waals surface area contributed by atoms with Gasteiger partial charge in [-0.05, 0) is 36.2 Å². The minimum atomic E-state index is -3.83. The van der Waals surface area contributed by atoms with Crippen LogP contribution in [0.25, 0.3) is 0 Å². The summed E-state index contributed by atoms with van der Waals surface area (Å²) in [5, 5.41) is 3.83. The van der Waals surface area contributed by atoms with Crippen molar-refractivity contribution in [2.75, 3.05) is 18.6 Å². The van der Waals surface area contributed by atoms with Gasteiger partial charge in [0.25, 0.3) is 5.91 Å². The summed E-state index contributed by atoms with van der Waals surface area (Å²) < 4.78 is 44.2. The molecule has 0 fully saturated rings. The average Bonchev–Trinajstić information content (AvgIpc) is 3.19. The van der Waals surface area contributed by atoms with Crippen molar-refractivity contribution in [1.29, 1.82) is 0 Å². The summed E-state index contributed by atoms with van der Waals surface area (Å²) in [7, 11) is -2.26. The average molecular weight is 458 g/mol. The molecule has 1 aliphatic rings. The molecule has 10 nitrogen and oxygen atoms in total. The summed E-state index contributed by atoms with van der Waals surface area (Å²) in [6, 6.07) is 10.1. The first-order chi connectivity index (χ1) is 15.3. The number of aromatic nitrogens is 2. The number of amides is 1. The molecular weight excluding hydrogens is 436 g/mol. The molecule has 0 saturated carbocycles. The Bertz CT molecular complexity index is 1250. The zero-order valence-corrected chi connectivity index (χ0v) is 18.6. The van der Waals surface area contributed by atoms with Gasteiger partial charge in [0, 0.05) is 19.5 Å². The molecule has 2 heterocycles. The molecule has 32 heavy (non-hydrogen) atoms. The minimum absolute atomic E-state index is 0.0782. The number of aryl methyl sites for hydroxylation is 2. The Morgan fingerprint density at radius 3 is 2.59 bits per heavy atom. The van der Waals surface area contributed by atoms with E-state index in [1.807, 2.05) is 0 Å². The van der Waals surface area contributed by atoms with Crippen LogP contribution in [0, 0.1) is 13.8 Å². The number of benzene rings is 2. The quantitative estimate of drug-likeness (QED) is 0.571. The molecule has 0 unspecified atom stereocenters. The van der Waals surface area contributed by atoms with Gasteiger partial charge in [-0.25, -0.2) is 13.1 Å². The Labute approximate surface area is 185 Å². The number of hydrogen-bond acceptors (Lipinski definition) is 8. The highest BCUT2D eigenvalue weighted by Gasteiger charge is 2.30. The SMILES string of the molecule is COc1ccc(CNS(=O)(=O)c2cc3c(cc2C)N(Cc2noc(C)n2)C(=O)CO3)cc1. The summed E-state index contributed by atoms with van der Waals surface area (Å²) in [6.07, 6.45) is 0. The maximum atomic E-state index is 13.0. The lowest BCUT2D eigenvalue weighted by molar-refractivity contribution is -0.121. The molecule has 1 amide bonds. The molecule has 0 saturated heterocycles. The van der Waals surface area contributed by atoms with Gasteiger partial charge < -0.3 is 14.0 Å².